The highest BCUT2D eigenvalue weighted by molar-refractivity contribution is 5.85. The summed E-state index contributed by atoms with van der Waals surface area (Å²) < 4.78 is 16.6. The van der Waals surface area contributed by atoms with E-state index < -0.39 is 6.09 Å². The van der Waals surface area contributed by atoms with Gasteiger partial charge in [-0.25, -0.2) is 4.79 Å². The Morgan fingerprint density at radius 1 is 1.12 bits per heavy atom. The van der Waals surface area contributed by atoms with Crippen molar-refractivity contribution in [1.29, 1.82) is 0 Å². The fraction of sp³-hybridized carbons (Fsp3) is 0.304. The quantitative estimate of drug-likeness (QED) is 0.604. The Morgan fingerprint density at radius 2 is 2.00 bits per heavy atom. The van der Waals surface area contributed by atoms with Gasteiger partial charge in [-0.2, -0.15) is 9.97 Å². The minimum absolute atomic E-state index is 0.177. The molecule has 0 aliphatic carbocycles. The van der Waals surface area contributed by atoms with Gasteiger partial charge in [0.1, 0.15) is 17.4 Å². The van der Waals surface area contributed by atoms with Crippen LogP contribution in [0.4, 0.5) is 16.4 Å². The molecule has 1 saturated heterocycles. The van der Waals surface area contributed by atoms with Gasteiger partial charge in [-0.3, -0.25) is 10.3 Å². The average molecular weight is 435 g/mol. The third kappa shape index (κ3) is 6.14. The lowest BCUT2D eigenvalue weighted by atomic mass is 10.2. The molecular formula is C23H25N5O4. The lowest BCUT2D eigenvalue weighted by Gasteiger charge is -2.28. The zero-order valence-corrected chi connectivity index (χ0v) is 17.9. The number of nitrogens with zero attached hydrogens (tertiary/aromatic N) is 4. The fourth-order valence-corrected chi connectivity index (χ4v) is 3.20. The van der Waals surface area contributed by atoms with Crippen molar-refractivity contribution in [1.82, 2.24) is 15.0 Å². The van der Waals surface area contributed by atoms with Crippen molar-refractivity contribution in [3.05, 3.63) is 66.0 Å². The molecule has 1 aromatic carbocycles. The van der Waals surface area contributed by atoms with E-state index in [-0.39, 0.29) is 6.01 Å². The van der Waals surface area contributed by atoms with Gasteiger partial charge in [0.25, 0.3) is 0 Å². The molecule has 2 aromatic heterocycles. The molecule has 4 rings (SSSR count). The zero-order chi connectivity index (χ0) is 22.2. The van der Waals surface area contributed by atoms with Crippen molar-refractivity contribution in [3.8, 4) is 11.8 Å². The Morgan fingerprint density at radius 3 is 2.78 bits per heavy atom. The summed E-state index contributed by atoms with van der Waals surface area (Å²) in [5, 5.41) is 2.68. The van der Waals surface area contributed by atoms with Gasteiger partial charge in [0.05, 0.1) is 19.8 Å². The van der Waals surface area contributed by atoms with E-state index in [9.17, 15) is 4.79 Å². The van der Waals surface area contributed by atoms with Crippen molar-refractivity contribution in [2.75, 3.05) is 43.1 Å². The van der Waals surface area contributed by atoms with Gasteiger partial charge in [-0.05, 0) is 36.8 Å². The third-order valence-corrected chi connectivity index (χ3v) is 4.77. The van der Waals surface area contributed by atoms with Crippen LogP contribution < -0.4 is 19.7 Å². The van der Waals surface area contributed by atoms with Crippen molar-refractivity contribution >= 4 is 17.7 Å². The molecule has 1 amide bonds. The second-order valence-corrected chi connectivity index (χ2v) is 7.24. The molecule has 32 heavy (non-hydrogen) atoms. The highest BCUT2D eigenvalue weighted by Crippen LogP contribution is 2.21. The Hall–Kier alpha value is -3.72. The summed E-state index contributed by atoms with van der Waals surface area (Å²) in [6.07, 6.45) is 1.72. The normalized spacial score (nSPS) is 13.5. The molecule has 0 spiro atoms. The van der Waals surface area contributed by atoms with Crippen LogP contribution in [0.1, 0.15) is 11.3 Å². The summed E-state index contributed by atoms with van der Waals surface area (Å²) in [7, 11) is 0. The van der Waals surface area contributed by atoms with E-state index in [1.807, 2.05) is 37.3 Å². The van der Waals surface area contributed by atoms with Gasteiger partial charge < -0.3 is 19.1 Å². The molecule has 0 saturated carbocycles. The number of anilines is 2. The molecule has 0 unspecified atom stereocenters. The van der Waals surface area contributed by atoms with Crippen molar-refractivity contribution < 1.29 is 19.0 Å². The molecule has 1 aliphatic rings. The van der Waals surface area contributed by atoms with Crippen molar-refractivity contribution in [3.63, 3.8) is 0 Å². The van der Waals surface area contributed by atoms with Crippen LogP contribution in [-0.2, 0) is 11.2 Å². The maximum Gasteiger partial charge on any atom is 0.418 e. The Kier molecular flexibility index (Phi) is 7.08. The molecule has 3 aromatic rings. The standard InChI is InChI=1S/C23H25N5O4/c1-17-5-4-7-19(15-17)32-23(29)26-20-16-21(28-10-13-30-14-11-28)27-22(25-20)31-12-8-18-6-2-3-9-24-18/h2-7,9,15-16H,8,10-14H2,1H3,(H,25,26,27,29). The summed E-state index contributed by atoms with van der Waals surface area (Å²) in [6.45, 7) is 4.89. The number of morpholine rings is 1. The van der Waals surface area contributed by atoms with Crippen LogP contribution in [0.2, 0.25) is 0 Å². The van der Waals surface area contributed by atoms with Gasteiger partial charge in [0, 0.05) is 37.5 Å². The van der Waals surface area contributed by atoms with Crippen LogP contribution in [0.3, 0.4) is 0 Å². The number of hydrogen-bond acceptors (Lipinski definition) is 8. The average Bonchev–Trinajstić information content (AvgIpc) is 2.80. The molecule has 9 heteroatoms. The van der Waals surface area contributed by atoms with E-state index in [1.165, 1.54) is 0 Å². The topological polar surface area (TPSA) is 98.7 Å². The highest BCUT2D eigenvalue weighted by atomic mass is 16.6. The summed E-state index contributed by atoms with van der Waals surface area (Å²) in [4.78, 5) is 27.6. The number of carbonyl (C=O) groups is 1. The van der Waals surface area contributed by atoms with E-state index >= 15 is 0 Å². The first-order valence-electron chi connectivity index (χ1n) is 10.5. The van der Waals surface area contributed by atoms with E-state index in [0.29, 0.717) is 56.7 Å². The van der Waals surface area contributed by atoms with Crippen LogP contribution in [0, 0.1) is 6.92 Å². The molecule has 0 radical (unpaired) electrons. The van der Waals surface area contributed by atoms with Crippen LogP contribution in [-0.4, -0.2) is 54.0 Å². The molecule has 1 fully saturated rings. The lowest BCUT2D eigenvalue weighted by molar-refractivity contribution is 0.122. The number of benzene rings is 1. The molecule has 0 bridgehead atoms. The molecule has 0 atom stereocenters. The van der Waals surface area contributed by atoms with E-state index in [1.54, 1.807) is 24.4 Å². The Labute approximate surface area is 186 Å². The van der Waals surface area contributed by atoms with Crippen molar-refractivity contribution in [2.45, 2.75) is 13.3 Å². The number of amides is 1. The summed E-state index contributed by atoms with van der Waals surface area (Å²) in [5.74, 6) is 1.41. The van der Waals surface area contributed by atoms with E-state index in [4.69, 9.17) is 14.2 Å². The number of rotatable bonds is 7. The predicted molar refractivity (Wildman–Crippen MR) is 119 cm³/mol. The predicted octanol–water partition coefficient (Wildman–Crippen LogP) is 3.25. The number of hydrogen-bond donors (Lipinski definition) is 1. The zero-order valence-electron chi connectivity index (χ0n) is 17.9. The number of aromatic nitrogens is 3. The number of ether oxygens (including phenoxy) is 3. The minimum atomic E-state index is -0.637. The summed E-state index contributed by atoms with van der Waals surface area (Å²) in [6, 6.07) is 14.9. The van der Waals surface area contributed by atoms with Crippen LogP contribution >= 0.6 is 0 Å². The Balaban J connectivity index is 1.46. The summed E-state index contributed by atoms with van der Waals surface area (Å²) in [5.41, 5.74) is 1.91. The van der Waals surface area contributed by atoms with Gasteiger partial charge in [0.15, 0.2) is 0 Å². The first kappa shape index (κ1) is 21.5. The molecule has 1 aliphatic heterocycles. The fourth-order valence-electron chi connectivity index (χ4n) is 3.20. The first-order valence-corrected chi connectivity index (χ1v) is 10.5. The highest BCUT2D eigenvalue weighted by Gasteiger charge is 2.17. The van der Waals surface area contributed by atoms with Crippen molar-refractivity contribution in [2.24, 2.45) is 0 Å². The van der Waals surface area contributed by atoms with Gasteiger partial charge >= 0.3 is 12.1 Å². The second-order valence-electron chi connectivity index (χ2n) is 7.24. The first-order chi connectivity index (χ1) is 15.7. The molecule has 3 heterocycles. The maximum atomic E-state index is 12.4. The van der Waals surface area contributed by atoms with Crippen LogP contribution in [0.25, 0.3) is 0 Å². The maximum absolute atomic E-state index is 12.4. The molecule has 166 valence electrons. The molecular weight excluding hydrogens is 410 g/mol. The summed E-state index contributed by atoms with van der Waals surface area (Å²) >= 11 is 0. The second kappa shape index (κ2) is 10.5. The SMILES string of the molecule is Cc1cccc(OC(=O)Nc2cc(N3CCOCC3)nc(OCCc3ccccn3)n2)c1. The lowest BCUT2D eigenvalue weighted by Crippen LogP contribution is -2.37. The number of pyridine rings is 1. The van der Waals surface area contributed by atoms with E-state index in [0.717, 1.165) is 11.3 Å². The van der Waals surface area contributed by atoms with Crippen LogP contribution in [0.5, 0.6) is 11.8 Å². The van der Waals surface area contributed by atoms with E-state index in [2.05, 4.69) is 25.2 Å². The molecule has 9 nitrogen and oxygen atoms in total. The monoisotopic (exact) mass is 435 g/mol. The van der Waals surface area contributed by atoms with Gasteiger partial charge in [-0.1, -0.05) is 18.2 Å². The number of carbonyl (C=O) groups excluding carboxylic acids is 1. The molecule has 1 N–H and O–H groups in total. The van der Waals surface area contributed by atoms with Gasteiger partial charge in [-0.15, -0.1) is 0 Å². The minimum Gasteiger partial charge on any atom is -0.463 e. The van der Waals surface area contributed by atoms with Crippen LogP contribution in [0.15, 0.2) is 54.7 Å². The number of aryl methyl sites for hydroxylation is 1. The Bertz CT molecular complexity index is 1040. The third-order valence-electron chi connectivity index (χ3n) is 4.77. The van der Waals surface area contributed by atoms with Gasteiger partial charge in [0.2, 0.25) is 0 Å². The largest absolute Gasteiger partial charge is 0.463 e. The smallest absolute Gasteiger partial charge is 0.418 e. The number of nitrogens with one attached hydrogen (secondary N) is 1.